The van der Waals surface area contributed by atoms with E-state index in [1.165, 1.54) is 12.1 Å². The van der Waals surface area contributed by atoms with Gasteiger partial charge in [0.15, 0.2) is 0 Å². The Labute approximate surface area is 105 Å². The van der Waals surface area contributed by atoms with Crippen LogP contribution < -0.4 is 0 Å². The minimum Gasteiger partial charge on any atom is -0.478 e. The van der Waals surface area contributed by atoms with Crippen molar-refractivity contribution in [2.45, 2.75) is 13.8 Å². The number of hydrogen-bond acceptors (Lipinski definition) is 1. The van der Waals surface area contributed by atoms with Gasteiger partial charge in [-0.25, -0.2) is 9.18 Å². The molecule has 0 saturated heterocycles. The molecule has 0 atom stereocenters. The van der Waals surface area contributed by atoms with Gasteiger partial charge in [0.2, 0.25) is 0 Å². The van der Waals surface area contributed by atoms with Crippen LogP contribution in [-0.4, -0.2) is 11.1 Å². The van der Waals surface area contributed by atoms with Crippen molar-refractivity contribution in [3.8, 4) is 11.1 Å². The first-order valence-electron chi connectivity index (χ1n) is 5.59. The molecule has 0 aliphatic carbocycles. The Morgan fingerprint density at radius 3 is 2.44 bits per heavy atom. The Balaban J connectivity index is 2.62. The number of carboxylic acid groups (broad SMARTS) is 1. The maximum absolute atomic E-state index is 13.4. The van der Waals surface area contributed by atoms with Gasteiger partial charge in [0, 0.05) is 0 Å². The van der Waals surface area contributed by atoms with E-state index in [2.05, 4.69) is 0 Å². The van der Waals surface area contributed by atoms with Crippen LogP contribution >= 0.6 is 0 Å². The van der Waals surface area contributed by atoms with E-state index in [1.54, 1.807) is 18.2 Å². The smallest absolute Gasteiger partial charge is 0.335 e. The quantitative estimate of drug-likeness (QED) is 0.872. The highest BCUT2D eigenvalue weighted by molar-refractivity contribution is 5.90. The molecule has 0 saturated carbocycles. The number of carboxylic acids is 1. The summed E-state index contributed by atoms with van der Waals surface area (Å²) in [6.45, 7) is 3.68. The van der Waals surface area contributed by atoms with E-state index < -0.39 is 5.97 Å². The zero-order valence-corrected chi connectivity index (χ0v) is 10.2. The van der Waals surface area contributed by atoms with Crippen LogP contribution in [0.4, 0.5) is 4.39 Å². The lowest BCUT2D eigenvalue weighted by atomic mass is 9.97. The molecule has 2 aromatic carbocycles. The average molecular weight is 244 g/mol. The maximum atomic E-state index is 13.4. The van der Waals surface area contributed by atoms with E-state index in [1.807, 2.05) is 19.9 Å². The number of benzene rings is 2. The van der Waals surface area contributed by atoms with Crippen LogP contribution in [0, 0.1) is 19.7 Å². The molecule has 92 valence electrons. The predicted octanol–water partition coefficient (Wildman–Crippen LogP) is 3.81. The second kappa shape index (κ2) is 4.61. The highest BCUT2D eigenvalue weighted by Crippen LogP contribution is 2.26. The zero-order chi connectivity index (χ0) is 13.3. The normalized spacial score (nSPS) is 10.4. The molecule has 2 rings (SSSR count). The molecule has 2 aromatic rings. The number of hydrogen-bond donors (Lipinski definition) is 1. The topological polar surface area (TPSA) is 37.3 Å². The van der Waals surface area contributed by atoms with Gasteiger partial charge in [-0.15, -0.1) is 0 Å². The van der Waals surface area contributed by atoms with Gasteiger partial charge in [-0.05, 0) is 60.4 Å². The van der Waals surface area contributed by atoms with Crippen LogP contribution in [0.5, 0.6) is 0 Å². The molecule has 3 heteroatoms. The summed E-state index contributed by atoms with van der Waals surface area (Å²) in [5, 5.41) is 8.98. The Morgan fingerprint density at radius 2 is 1.83 bits per heavy atom. The molecule has 0 aliphatic heterocycles. The maximum Gasteiger partial charge on any atom is 0.335 e. The molecular weight excluding hydrogens is 231 g/mol. The van der Waals surface area contributed by atoms with E-state index >= 15 is 0 Å². The molecule has 0 amide bonds. The number of aromatic carboxylic acids is 1. The van der Waals surface area contributed by atoms with Gasteiger partial charge in [-0.3, -0.25) is 0 Å². The SMILES string of the molecule is Cc1cc(F)cc(-c2cc(C(=O)O)ccc2C)c1. The summed E-state index contributed by atoms with van der Waals surface area (Å²) < 4.78 is 13.4. The third-order valence-corrected chi connectivity index (χ3v) is 2.84. The molecule has 0 unspecified atom stereocenters. The number of rotatable bonds is 2. The van der Waals surface area contributed by atoms with Crippen molar-refractivity contribution >= 4 is 5.97 Å². The first-order valence-corrected chi connectivity index (χ1v) is 5.59. The lowest BCUT2D eigenvalue weighted by Crippen LogP contribution is -1.97. The van der Waals surface area contributed by atoms with Gasteiger partial charge in [0.25, 0.3) is 0 Å². The van der Waals surface area contributed by atoms with E-state index in [9.17, 15) is 9.18 Å². The largest absolute Gasteiger partial charge is 0.478 e. The summed E-state index contributed by atoms with van der Waals surface area (Å²) >= 11 is 0. The fourth-order valence-corrected chi connectivity index (χ4v) is 1.96. The Kier molecular flexibility index (Phi) is 3.15. The highest BCUT2D eigenvalue weighted by Gasteiger charge is 2.09. The van der Waals surface area contributed by atoms with Crippen LogP contribution in [0.15, 0.2) is 36.4 Å². The molecule has 0 spiro atoms. The standard InChI is InChI=1S/C15H13FO2/c1-9-5-12(7-13(16)6-9)14-8-11(15(17)18)4-3-10(14)2/h3-8H,1-2H3,(H,17,18). The molecule has 0 bridgehead atoms. The summed E-state index contributed by atoms with van der Waals surface area (Å²) in [7, 11) is 0. The number of aryl methyl sites for hydroxylation is 2. The van der Waals surface area contributed by atoms with Gasteiger partial charge < -0.3 is 5.11 Å². The Bertz CT molecular complexity index is 598. The van der Waals surface area contributed by atoms with E-state index in [4.69, 9.17) is 5.11 Å². The Hall–Kier alpha value is -2.16. The van der Waals surface area contributed by atoms with Gasteiger partial charge in [-0.1, -0.05) is 12.1 Å². The number of carbonyl (C=O) groups is 1. The van der Waals surface area contributed by atoms with E-state index in [0.29, 0.717) is 5.56 Å². The van der Waals surface area contributed by atoms with Crippen LogP contribution in [-0.2, 0) is 0 Å². The zero-order valence-electron chi connectivity index (χ0n) is 10.2. The molecule has 1 N–H and O–H groups in total. The van der Waals surface area contributed by atoms with Gasteiger partial charge >= 0.3 is 5.97 Å². The van der Waals surface area contributed by atoms with E-state index in [0.717, 1.165) is 16.7 Å². The third kappa shape index (κ3) is 2.40. The summed E-state index contributed by atoms with van der Waals surface area (Å²) in [6, 6.07) is 9.57. The first-order chi connectivity index (χ1) is 8.47. The van der Waals surface area contributed by atoms with Crippen LogP contribution in [0.25, 0.3) is 11.1 Å². The van der Waals surface area contributed by atoms with Gasteiger partial charge in [0.05, 0.1) is 5.56 Å². The summed E-state index contributed by atoms with van der Waals surface area (Å²) in [6.07, 6.45) is 0. The highest BCUT2D eigenvalue weighted by atomic mass is 19.1. The Morgan fingerprint density at radius 1 is 1.11 bits per heavy atom. The van der Waals surface area contributed by atoms with Crippen molar-refractivity contribution in [2.24, 2.45) is 0 Å². The van der Waals surface area contributed by atoms with Crippen molar-refractivity contribution in [2.75, 3.05) is 0 Å². The molecule has 18 heavy (non-hydrogen) atoms. The molecule has 0 heterocycles. The minimum absolute atomic E-state index is 0.206. The van der Waals surface area contributed by atoms with Gasteiger partial charge in [0.1, 0.15) is 5.82 Å². The minimum atomic E-state index is -0.982. The summed E-state index contributed by atoms with van der Waals surface area (Å²) in [5.74, 6) is -1.30. The van der Waals surface area contributed by atoms with Crippen molar-refractivity contribution < 1.29 is 14.3 Å². The fraction of sp³-hybridized carbons (Fsp3) is 0.133. The number of halogens is 1. The van der Waals surface area contributed by atoms with Gasteiger partial charge in [-0.2, -0.15) is 0 Å². The van der Waals surface area contributed by atoms with Crippen LogP contribution in [0.2, 0.25) is 0 Å². The summed E-state index contributed by atoms with van der Waals surface area (Å²) in [5.41, 5.74) is 3.39. The molecule has 0 fully saturated rings. The molecule has 0 aromatic heterocycles. The van der Waals surface area contributed by atoms with Crippen molar-refractivity contribution in [3.63, 3.8) is 0 Å². The predicted molar refractivity (Wildman–Crippen MR) is 68.3 cm³/mol. The van der Waals surface area contributed by atoms with E-state index in [-0.39, 0.29) is 11.4 Å². The monoisotopic (exact) mass is 244 g/mol. The molecule has 0 radical (unpaired) electrons. The lowest BCUT2D eigenvalue weighted by molar-refractivity contribution is 0.0697. The molecule has 0 aliphatic rings. The van der Waals surface area contributed by atoms with Crippen molar-refractivity contribution in [1.29, 1.82) is 0 Å². The lowest BCUT2D eigenvalue weighted by Gasteiger charge is -2.08. The summed E-state index contributed by atoms with van der Waals surface area (Å²) in [4.78, 5) is 11.0. The first kappa shape index (κ1) is 12.3. The average Bonchev–Trinajstić information content (AvgIpc) is 2.27. The molecular formula is C15H13FO2. The van der Waals surface area contributed by atoms with Crippen molar-refractivity contribution in [1.82, 2.24) is 0 Å². The second-order valence-electron chi connectivity index (χ2n) is 4.35. The van der Waals surface area contributed by atoms with Crippen LogP contribution in [0.1, 0.15) is 21.5 Å². The van der Waals surface area contributed by atoms with Crippen molar-refractivity contribution in [3.05, 3.63) is 58.9 Å². The molecule has 2 nitrogen and oxygen atoms in total. The second-order valence-corrected chi connectivity index (χ2v) is 4.35. The fourth-order valence-electron chi connectivity index (χ4n) is 1.96. The van der Waals surface area contributed by atoms with Crippen LogP contribution in [0.3, 0.4) is 0 Å². The third-order valence-electron chi connectivity index (χ3n) is 2.84.